The molecule has 1 unspecified atom stereocenters. The Kier molecular flexibility index (Phi) is 4.42. The van der Waals surface area contributed by atoms with E-state index in [-0.39, 0.29) is 0 Å². The lowest BCUT2D eigenvalue weighted by molar-refractivity contribution is 0.537. The Bertz CT molecular complexity index is 329. The van der Waals surface area contributed by atoms with Crippen molar-refractivity contribution < 1.29 is 0 Å². The second-order valence-electron chi connectivity index (χ2n) is 4.77. The summed E-state index contributed by atoms with van der Waals surface area (Å²) in [4.78, 5) is 1.67. The van der Waals surface area contributed by atoms with Gasteiger partial charge < -0.3 is 5.32 Å². The number of aryl methyl sites for hydroxylation is 1. The van der Waals surface area contributed by atoms with Crippen LogP contribution in [0.3, 0.4) is 0 Å². The minimum absolute atomic E-state index is 0.841. The van der Waals surface area contributed by atoms with Gasteiger partial charge >= 0.3 is 0 Å². The first kappa shape index (κ1) is 12.1. The topological polar surface area (TPSA) is 12.0 Å². The normalized spacial score (nSPS) is 19.8. The van der Waals surface area contributed by atoms with Crippen molar-refractivity contribution in [2.75, 3.05) is 6.54 Å². The van der Waals surface area contributed by atoms with Crippen molar-refractivity contribution in [1.82, 2.24) is 5.32 Å². The maximum Gasteiger partial charge on any atom is 0.0216 e. The van der Waals surface area contributed by atoms with Crippen molar-refractivity contribution in [2.24, 2.45) is 0 Å². The van der Waals surface area contributed by atoms with Crippen LogP contribution in [-0.4, -0.2) is 6.54 Å². The molecule has 1 aromatic rings. The van der Waals surface area contributed by atoms with Crippen LogP contribution < -0.4 is 5.32 Å². The van der Waals surface area contributed by atoms with E-state index >= 15 is 0 Å². The molecule has 2 heteroatoms. The average molecular weight is 237 g/mol. The quantitative estimate of drug-likeness (QED) is 0.761. The Balaban J connectivity index is 2.10. The molecule has 1 aromatic heterocycles. The molecule has 2 rings (SSSR count). The van der Waals surface area contributed by atoms with Gasteiger partial charge in [-0.25, -0.2) is 0 Å². The minimum atomic E-state index is 0.841. The van der Waals surface area contributed by atoms with E-state index in [1.807, 2.05) is 11.3 Å². The van der Waals surface area contributed by atoms with E-state index in [2.05, 4.69) is 24.5 Å². The molecule has 0 saturated carbocycles. The summed E-state index contributed by atoms with van der Waals surface area (Å²) < 4.78 is 0. The van der Waals surface area contributed by atoms with Gasteiger partial charge in [-0.2, -0.15) is 0 Å². The van der Waals surface area contributed by atoms with Crippen LogP contribution in [0, 0.1) is 0 Å². The Labute approximate surface area is 103 Å². The molecule has 16 heavy (non-hydrogen) atoms. The second kappa shape index (κ2) is 5.83. The molecule has 0 aromatic carbocycles. The Morgan fingerprint density at radius 1 is 1.44 bits per heavy atom. The zero-order valence-corrected chi connectivity index (χ0v) is 11.3. The number of fused-ring (bicyclic) bond motifs is 1. The van der Waals surface area contributed by atoms with E-state index in [1.165, 1.54) is 32.1 Å². The maximum absolute atomic E-state index is 3.54. The van der Waals surface area contributed by atoms with Gasteiger partial charge in [0.1, 0.15) is 0 Å². The molecule has 1 heterocycles. The highest BCUT2D eigenvalue weighted by Gasteiger charge is 2.23. The van der Waals surface area contributed by atoms with Crippen LogP contribution in [0.1, 0.15) is 61.5 Å². The van der Waals surface area contributed by atoms with Gasteiger partial charge in [0.2, 0.25) is 0 Å². The summed E-state index contributed by atoms with van der Waals surface area (Å²) in [5.41, 5.74) is 3.29. The summed E-state index contributed by atoms with van der Waals surface area (Å²) in [5, 5.41) is 5.93. The molecule has 0 aliphatic heterocycles. The molecule has 0 bridgehead atoms. The van der Waals surface area contributed by atoms with Crippen LogP contribution in [0.4, 0.5) is 0 Å². The Morgan fingerprint density at radius 3 is 3.06 bits per heavy atom. The van der Waals surface area contributed by atoms with Gasteiger partial charge in [-0.3, -0.25) is 0 Å². The van der Waals surface area contributed by atoms with Gasteiger partial charge in [0.05, 0.1) is 0 Å². The molecule has 1 N–H and O–H groups in total. The molecule has 0 amide bonds. The summed E-state index contributed by atoms with van der Waals surface area (Å²) in [7, 11) is 0. The van der Waals surface area contributed by atoms with Crippen molar-refractivity contribution in [3.8, 4) is 0 Å². The summed E-state index contributed by atoms with van der Waals surface area (Å²) in [6, 6.07) is 0. The molecule has 1 aliphatic rings. The first-order chi connectivity index (χ1) is 7.86. The molecule has 1 atom stereocenters. The lowest BCUT2D eigenvalue weighted by Gasteiger charge is -2.23. The smallest absolute Gasteiger partial charge is 0.0216 e. The molecule has 0 spiro atoms. The van der Waals surface area contributed by atoms with Gasteiger partial charge in [-0.05, 0) is 61.1 Å². The molecule has 0 radical (unpaired) electrons. The van der Waals surface area contributed by atoms with Crippen molar-refractivity contribution in [3.63, 3.8) is 0 Å². The summed E-state index contributed by atoms with van der Waals surface area (Å²) in [6.07, 6.45) is 6.66. The van der Waals surface area contributed by atoms with Crippen molar-refractivity contribution in [1.29, 1.82) is 0 Å². The van der Waals surface area contributed by atoms with E-state index in [1.54, 1.807) is 16.0 Å². The first-order valence-corrected chi connectivity index (χ1v) is 7.54. The van der Waals surface area contributed by atoms with E-state index in [0.29, 0.717) is 0 Å². The number of hydrogen-bond donors (Lipinski definition) is 1. The second-order valence-corrected chi connectivity index (χ2v) is 5.74. The summed E-state index contributed by atoms with van der Waals surface area (Å²) in [5.74, 6) is 0.841. The van der Waals surface area contributed by atoms with Crippen molar-refractivity contribution in [3.05, 3.63) is 21.4 Å². The monoisotopic (exact) mass is 237 g/mol. The lowest BCUT2D eigenvalue weighted by Crippen LogP contribution is -2.16. The van der Waals surface area contributed by atoms with Crippen LogP contribution >= 0.6 is 11.3 Å². The third-order valence-electron chi connectivity index (χ3n) is 3.59. The predicted molar refractivity (Wildman–Crippen MR) is 72.3 cm³/mol. The third kappa shape index (κ3) is 2.49. The highest BCUT2D eigenvalue weighted by molar-refractivity contribution is 7.10. The molecule has 1 nitrogen and oxygen atoms in total. The number of thiophene rings is 1. The molecule has 0 fully saturated rings. The van der Waals surface area contributed by atoms with Gasteiger partial charge in [0.15, 0.2) is 0 Å². The van der Waals surface area contributed by atoms with E-state index in [0.717, 1.165) is 19.0 Å². The van der Waals surface area contributed by atoms with Crippen LogP contribution in [0.5, 0.6) is 0 Å². The highest BCUT2D eigenvalue weighted by Crippen LogP contribution is 2.39. The molecule has 0 saturated heterocycles. The minimum Gasteiger partial charge on any atom is -0.313 e. The van der Waals surface area contributed by atoms with Crippen LogP contribution in [0.25, 0.3) is 0 Å². The van der Waals surface area contributed by atoms with Gasteiger partial charge in [-0.15, -0.1) is 11.3 Å². The van der Waals surface area contributed by atoms with Crippen LogP contribution in [0.2, 0.25) is 0 Å². The van der Waals surface area contributed by atoms with E-state index in [4.69, 9.17) is 0 Å². The first-order valence-electron chi connectivity index (χ1n) is 6.66. The van der Waals surface area contributed by atoms with Gasteiger partial charge in [-0.1, -0.05) is 13.8 Å². The molecule has 90 valence electrons. The SMILES string of the molecule is CCCNCc1csc2c1C(CC)CCC2. The fourth-order valence-electron chi connectivity index (χ4n) is 2.73. The van der Waals surface area contributed by atoms with Gasteiger partial charge in [0.25, 0.3) is 0 Å². The zero-order chi connectivity index (χ0) is 11.4. The Morgan fingerprint density at radius 2 is 2.31 bits per heavy atom. The molecular formula is C14H23NS. The number of rotatable bonds is 5. The van der Waals surface area contributed by atoms with Gasteiger partial charge in [0, 0.05) is 11.4 Å². The molecule has 1 aliphatic carbocycles. The van der Waals surface area contributed by atoms with Crippen molar-refractivity contribution in [2.45, 2.75) is 58.4 Å². The number of nitrogens with one attached hydrogen (secondary N) is 1. The van der Waals surface area contributed by atoms with Crippen LogP contribution in [0.15, 0.2) is 5.38 Å². The fourth-order valence-corrected chi connectivity index (χ4v) is 3.91. The average Bonchev–Trinajstić information content (AvgIpc) is 2.73. The third-order valence-corrected chi connectivity index (χ3v) is 4.70. The number of hydrogen-bond acceptors (Lipinski definition) is 2. The maximum atomic E-state index is 3.54. The summed E-state index contributed by atoms with van der Waals surface area (Å²) >= 11 is 1.99. The van der Waals surface area contributed by atoms with E-state index in [9.17, 15) is 0 Å². The standard InChI is InChI=1S/C14H23NS/c1-3-8-15-9-12-10-16-13-7-5-6-11(4-2)14(12)13/h10-11,15H,3-9H2,1-2H3. The van der Waals surface area contributed by atoms with Crippen molar-refractivity contribution >= 4 is 11.3 Å². The Hall–Kier alpha value is -0.340. The zero-order valence-electron chi connectivity index (χ0n) is 10.5. The lowest BCUT2D eigenvalue weighted by atomic mass is 9.83. The largest absolute Gasteiger partial charge is 0.313 e. The summed E-state index contributed by atoms with van der Waals surface area (Å²) in [6.45, 7) is 6.78. The molecular weight excluding hydrogens is 214 g/mol. The van der Waals surface area contributed by atoms with E-state index < -0.39 is 0 Å². The fraction of sp³-hybridized carbons (Fsp3) is 0.714. The predicted octanol–water partition coefficient (Wildman–Crippen LogP) is 4.08. The van der Waals surface area contributed by atoms with Crippen LogP contribution in [-0.2, 0) is 13.0 Å². The highest BCUT2D eigenvalue weighted by atomic mass is 32.1.